The maximum Gasteiger partial charge on any atom is 0.142 e. The Kier molecular flexibility index (Phi) is 4.08. The molecule has 0 spiro atoms. The third-order valence-corrected chi connectivity index (χ3v) is 3.96. The van der Waals surface area contributed by atoms with Crippen LogP contribution in [0.4, 0.5) is 14.5 Å². The van der Waals surface area contributed by atoms with Gasteiger partial charge in [0.05, 0.1) is 10.5 Å². The molecule has 0 aliphatic carbocycles. The van der Waals surface area contributed by atoms with Gasteiger partial charge in [0, 0.05) is 15.1 Å². The van der Waals surface area contributed by atoms with Crippen LogP contribution in [0.1, 0.15) is 5.56 Å². The minimum atomic E-state index is -0.741. The molecule has 0 fully saturated rings. The number of nitrogens with two attached hydrogens (primary N) is 1. The van der Waals surface area contributed by atoms with Crippen molar-refractivity contribution >= 4 is 33.4 Å². The van der Waals surface area contributed by atoms with Gasteiger partial charge >= 0.3 is 0 Å². The molecule has 0 radical (unpaired) electrons. The number of rotatable bonds is 2. The average Bonchev–Trinajstić information content (AvgIpc) is 2.35. The molecular formula is C13H7BrF2N2S. The summed E-state index contributed by atoms with van der Waals surface area (Å²) in [6.07, 6.45) is 0. The van der Waals surface area contributed by atoms with Crippen molar-refractivity contribution in [3.05, 3.63) is 52.0 Å². The van der Waals surface area contributed by atoms with Gasteiger partial charge in [-0.15, -0.1) is 0 Å². The standard InChI is InChI=1S/C13H7BrF2N2S/c14-8-1-2-12(7(3-8)6-17)19-13-10(15)4-9(18)5-11(13)16/h1-5H,18H2. The lowest BCUT2D eigenvalue weighted by molar-refractivity contribution is 0.542. The van der Waals surface area contributed by atoms with Gasteiger partial charge in [-0.05, 0) is 30.3 Å². The predicted octanol–water partition coefficient (Wildman–Crippen LogP) is 4.33. The Morgan fingerprint density at radius 3 is 2.37 bits per heavy atom. The van der Waals surface area contributed by atoms with E-state index in [9.17, 15) is 8.78 Å². The molecule has 0 bridgehead atoms. The fourth-order valence-corrected chi connectivity index (χ4v) is 2.71. The van der Waals surface area contributed by atoms with Gasteiger partial charge in [-0.3, -0.25) is 0 Å². The summed E-state index contributed by atoms with van der Waals surface area (Å²) in [6.45, 7) is 0. The molecule has 19 heavy (non-hydrogen) atoms. The molecule has 0 aliphatic heterocycles. The van der Waals surface area contributed by atoms with E-state index in [0.29, 0.717) is 10.5 Å². The topological polar surface area (TPSA) is 49.8 Å². The van der Waals surface area contributed by atoms with Crippen LogP contribution >= 0.6 is 27.7 Å². The van der Waals surface area contributed by atoms with Crippen molar-refractivity contribution in [2.45, 2.75) is 9.79 Å². The summed E-state index contributed by atoms with van der Waals surface area (Å²) in [6, 6.07) is 9.02. The molecule has 0 amide bonds. The predicted molar refractivity (Wildman–Crippen MR) is 73.8 cm³/mol. The Labute approximate surface area is 121 Å². The van der Waals surface area contributed by atoms with E-state index < -0.39 is 11.6 Å². The minimum absolute atomic E-state index is 0.0238. The number of halogens is 3. The van der Waals surface area contributed by atoms with Crippen molar-refractivity contribution in [2.24, 2.45) is 0 Å². The molecule has 2 N–H and O–H groups in total. The zero-order chi connectivity index (χ0) is 14.0. The first kappa shape index (κ1) is 13.8. The number of nitrogen functional groups attached to an aromatic ring is 1. The van der Waals surface area contributed by atoms with Crippen molar-refractivity contribution in [2.75, 3.05) is 5.73 Å². The summed E-state index contributed by atoms with van der Waals surface area (Å²) in [5, 5.41) is 9.01. The SMILES string of the molecule is N#Cc1cc(Br)ccc1Sc1c(F)cc(N)cc1F. The van der Waals surface area contributed by atoms with Crippen molar-refractivity contribution in [3.63, 3.8) is 0 Å². The number of hydrogen-bond acceptors (Lipinski definition) is 3. The van der Waals surface area contributed by atoms with Crippen molar-refractivity contribution < 1.29 is 8.78 Å². The molecule has 0 heterocycles. The van der Waals surface area contributed by atoms with Crippen molar-refractivity contribution in [1.82, 2.24) is 0 Å². The maximum absolute atomic E-state index is 13.7. The second-order valence-electron chi connectivity index (χ2n) is 3.67. The first-order valence-corrected chi connectivity index (χ1v) is 6.74. The van der Waals surface area contributed by atoms with Gasteiger partial charge in [0.15, 0.2) is 0 Å². The molecule has 0 saturated heterocycles. The lowest BCUT2D eigenvalue weighted by Crippen LogP contribution is -1.93. The Balaban J connectivity index is 2.45. The molecule has 2 aromatic rings. The Morgan fingerprint density at radius 2 is 1.79 bits per heavy atom. The normalized spacial score (nSPS) is 10.2. The molecule has 2 aromatic carbocycles. The summed E-state index contributed by atoms with van der Waals surface area (Å²) in [4.78, 5) is 0.307. The van der Waals surface area contributed by atoms with Crippen LogP contribution < -0.4 is 5.73 Å². The molecule has 0 aliphatic rings. The number of hydrogen-bond donors (Lipinski definition) is 1. The molecule has 2 nitrogen and oxygen atoms in total. The van der Waals surface area contributed by atoms with E-state index in [-0.39, 0.29) is 10.6 Å². The Hall–Kier alpha value is -1.58. The summed E-state index contributed by atoms with van der Waals surface area (Å²) < 4.78 is 28.1. The molecule has 0 saturated carbocycles. The fourth-order valence-electron chi connectivity index (χ4n) is 1.47. The second kappa shape index (κ2) is 5.59. The molecule has 6 heteroatoms. The second-order valence-corrected chi connectivity index (χ2v) is 5.64. The lowest BCUT2D eigenvalue weighted by Gasteiger charge is -2.07. The van der Waals surface area contributed by atoms with E-state index in [1.165, 1.54) is 0 Å². The van der Waals surface area contributed by atoms with E-state index in [2.05, 4.69) is 15.9 Å². The van der Waals surface area contributed by atoms with Gasteiger partial charge in [-0.25, -0.2) is 8.78 Å². The van der Waals surface area contributed by atoms with Crippen LogP contribution in [0.15, 0.2) is 44.6 Å². The summed E-state index contributed by atoms with van der Waals surface area (Å²) in [5.74, 6) is -1.48. The molecular weight excluding hydrogens is 334 g/mol. The minimum Gasteiger partial charge on any atom is -0.399 e. The van der Waals surface area contributed by atoms with E-state index >= 15 is 0 Å². The fraction of sp³-hybridized carbons (Fsp3) is 0. The number of nitriles is 1. The Bertz CT molecular complexity index is 660. The smallest absolute Gasteiger partial charge is 0.142 e. The molecule has 96 valence electrons. The van der Waals surface area contributed by atoms with Gasteiger partial charge in [0.2, 0.25) is 0 Å². The number of benzene rings is 2. The summed E-state index contributed by atoms with van der Waals surface area (Å²) >= 11 is 4.10. The van der Waals surface area contributed by atoms with Crippen LogP contribution in [0.25, 0.3) is 0 Å². The maximum atomic E-state index is 13.7. The number of anilines is 1. The highest BCUT2D eigenvalue weighted by Crippen LogP contribution is 2.35. The molecule has 2 rings (SSSR count). The van der Waals surface area contributed by atoms with Gasteiger partial charge in [0.25, 0.3) is 0 Å². The van der Waals surface area contributed by atoms with Gasteiger partial charge in [-0.2, -0.15) is 5.26 Å². The quantitative estimate of drug-likeness (QED) is 0.827. The first-order chi connectivity index (χ1) is 9.01. The molecule has 0 atom stereocenters. The van der Waals surface area contributed by atoms with Gasteiger partial charge < -0.3 is 5.73 Å². The monoisotopic (exact) mass is 340 g/mol. The number of nitrogens with zero attached hydrogens (tertiary/aromatic N) is 1. The summed E-state index contributed by atoms with van der Waals surface area (Å²) in [7, 11) is 0. The van der Waals surface area contributed by atoms with E-state index in [1.807, 2.05) is 6.07 Å². The van der Waals surface area contributed by atoms with Crippen molar-refractivity contribution in [3.8, 4) is 6.07 Å². The highest BCUT2D eigenvalue weighted by molar-refractivity contribution is 9.10. The van der Waals surface area contributed by atoms with Crippen LogP contribution in [-0.2, 0) is 0 Å². The van der Waals surface area contributed by atoms with Crippen LogP contribution in [0.2, 0.25) is 0 Å². The van der Waals surface area contributed by atoms with Crippen LogP contribution in [0.5, 0.6) is 0 Å². The van der Waals surface area contributed by atoms with Crippen LogP contribution in [-0.4, -0.2) is 0 Å². The lowest BCUT2D eigenvalue weighted by atomic mass is 10.2. The van der Waals surface area contributed by atoms with Gasteiger partial charge in [0.1, 0.15) is 17.7 Å². The third kappa shape index (κ3) is 3.06. The first-order valence-electron chi connectivity index (χ1n) is 5.13. The van der Waals surface area contributed by atoms with E-state index in [0.717, 1.165) is 28.4 Å². The molecule has 0 unspecified atom stereocenters. The van der Waals surface area contributed by atoms with Crippen LogP contribution in [0, 0.1) is 23.0 Å². The van der Waals surface area contributed by atoms with E-state index in [1.54, 1.807) is 18.2 Å². The highest BCUT2D eigenvalue weighted by Gasteiger charge is 2.14. The van der Waals surface area contributed by atoms with Gasteiger partial charge in [-0.1, -0.05) is 27.7 Å². The van der Waals surface area contributed by atoms with E-state index in [4.69, 9.17) is 11.0 Å². The Morgan fingerprint density at radius 1 is 1.16 bits per heavy atom. The third-order valence-electron chi connectivity index (χ3n) is 2.29. The largest absolute Gasteiger partial charge is 0.399 e. The average molecular weight is 341 g/mol. The summed E-state index contributed by atoms with van der Waals surface area (Å²) in [5.41, 5.74) is 5.72. The van der Waals surface area contributed by atoms with Crippen molar-refractivity contribution in [1.29, 1.82) is 5.26 Å². The zero-order valence-corrected chi connectivity index (χ0v) is 11.9. The zero-order valence-electron chi connectivity index (χ0n) is 9.45. The van der Waals surface area contributed by atoms with Crippen LogP contribution in [0.3, 0.4) is 0 Å². The highest BCUT2D eigenvalue weighted by atomic mass is 79.9. The molecule has 0 aromatic heterocycles.